The van der Waals surface area contributed by atoms with Crippen LogP contribution in [0.2, 0.25) is 0 Å². The van der Waals surface area contributed by atoms with Gasteiger partial charge in [0.25, 0.3) is 0 Å². The molecule has 0 atom stereocenters. The van der Waals surface area contributed by atoms with E-state index >= 15 is 0 Å². The first kappa shape index (κ1) is 17.7. The lowest BCUT2D eigenvalue weighted by molar-refractivity contribution is 0.153. The second-order valence-corrected chi connectivity index (χ2v) is 8.10. The molecule has 1 aliphatic carbocycles. The average molecular weight is 354 g/mol. The number of hydrogen-bond donors (Lipinski definition) is 0. The summed E-state index contributed by atoms with van der Waals surface area (Å²) in [4.78, 5) is 4.88. The minimum atomic E-state index is 0.554. The van der Waals surface area contributed by atoms with E-state index in [4.69, 9.17) is 0 Å². The maximum Gasteiger partial charge on any atom is 0.147 e. The molecular weight excluding hydrogens is 322 g/mol. The van der Waals surface area contributed by atoms with Crippen LogP contribution in [0.3, 0.4) is 0 Å². The van der Waals surface area contributed by atoms with E-state index in [0.717, 1.165) is 18.9 Å². The zero-order valence-electron chi connectivity index (χ0n) is 16.4. The molecule has 1 aliphatic heterocycles. The van der Waals surface area contributed by atoms with Crippen LogP contribution < -0.4 is 0 Å². The average Bonchev–Trinajstić information content (AvgIpc) is 3.25. The Kier molecular flexibility index (Phi) is 5.09. The summed E-state index contributed by atoms with van der Waals surface area (Å²) in [5, 5.41) is 9.07. The third kappa shape index (κ3) is 3.42. The highest BCUT2D eigenvalue weighted by Gasteiger charge is 2.31. The van der Waals surface area contributed by atoms with Crippen molar-refractivity contribution in [1.29, 1.82) is 0 Å². The Morgan fingerprint density at radius 3 is 2.27 bits per heavy atom. The van der Waals surface area contributed by atoms with Crippen molar-refractivity contribution in [3.8, 4) is 0 Å². The molecule has 5 heteroatoms. The lowest BCUT2D eigenvalue weighted by atomic mass is 9.94. The molecule has 1 aromatic carbocycles. The van der Waals surface area contributed by atoms with Gasteiger partial charge in [0, 0.05) is 18.5 Å². The molecule has 0 unspecified atom stereocenters. The summed E-state index contributed by atoms with van der Waals surface area (Å²) >= 11 is 0. The van der Waals surface area contributed by atoms with Crippen LogP contribution in [-0.2, 0) is 25.9 Å². The van der Waals surface area contributed by atoms with E-state index in [1.165, 1.54) is 44.6 Å². The molecule has 0 radical (unpaired) electrons. The van der Waals surface area contributed by atoms with Gasteiger partial charge in [-0.05, 0) is 70.9 Å². The van der Waals surface area contributed by atoms with Crippen molar-refractivity contribution in [2.24, 2.45) is 0 Å². The molecule has 2 aromatic rings. The van der Waals surface area contributed by atoms with Crippen LogP contribution in [-0.4, -0.2) is 57.8 Å². The summed E-state index contributed by atoms with van der Waals surface area (Å²) in [5.41, 5.74) is 3.11. The van der Waals surface area contributed by atoms with Crippen LogP contribution in [0.5, 0.6) is 0 Å². The van der Waals surface area contributed by atoms with Crippen LogP contribution in [0.15, 0.2) is 24.3 Å². The summed E-state index contributed by atoms with van der Waals surface area (Å²) < 4.78 is 2.34. The number of rotatable bonds is 5. The lowest BCUT2D eigenvalue weighted by Gasteiger charge is -2.35. The van der Waals surface area contributed by atoms with E-state index in [0.29, 0.717) is 12.0 Å². The Morgan fingerprint density at radius 2 is 1.69 bits per heavy atom. The number of aromatic nitrogens is 3. The summed E-state index contributed by atoms with van der Waals surface area (Å²) in [7, 11) is 4.18. The molecule has 0 amide bonds. The van der Waals surface area contributed by atoms with Crippen molar-refractivity contribution in [3.63, 3.8) is 0 Å². The lowest BCUT2D eigenvalue weighted by Crippen LogP contribution is -2.41. The van der Waals surface area contributed by atoms with Crippen LogP contribution in [0.25, 0.3) is 0 Å². The van der Waals surface area contributed by atoms with Gasteiger partial charge < -0.3 is 9.47 Å². The molecule has 26 heavy (non-hydrogen) atoms. The van der Waals surface area contributed by atoms with Gasteiger partial charge in [0.1, 0.15) is 11.6 Å². The van der Waals surface area contributed by atoms with Gasteiger partial charge in [-0.15, -0.1) is 10.2 Å². The number of benzene rings is 1. The van der Waals surface area contributed by atoms with Gasteiger partial charge in [0.2, 0.25) is 0 Å². The Hall–Kier alpha value is -1.72. The summed E-state index contributed by atoms with van der Waals surface area (Å²) in [6.45, 7) is 6.40. The first-order valence-electron chi connectivity index (χ1n) is 10.0. The third-order valence-electron chi connectivity index (χ3n) is 6.07. The van der Waals surface area contributed by atoms with Gasteiger partial charge in [-0.25, -0.2) is 0 Å². The number of hydrogen-bond acceptors (Lipinski definition) is 4. The second-order valence-electron chi connectivity index (χ2n) is 8.10. The largest absolute Gasteiger partial charge is 0.314 e. The third-order valence-corrected chi connectivity index (χ3v) is 6.07. The molecule has 0 saturated carbocycles. The van der Waals surface area contributed by atoms with Crippen LogP contribution in [0.1, 0.15) is 48.5 Å². The Bertz CT molecular complexity index is 718. The Morgan fingerprint density at radius 1 is 1.04 bits per heavy atom. The van der Waals surface area contributed by atoms with Gasteiger partial charge in [0.05, 0.1) is 6.54 Å². The molecule has 2 aliphatic rings. The number of piperidine rings is 1. The van der Waals surface area contributed by atoms with Crippen molar-refractivity contribution in [1.82, 2.24) is 24.6 Å². The SMILES string of the molecule is CCn1c(CN(C)C)nnc1C1CCN(C2Cc3ccccc3C2)CC1. The molecule has 1 aromatic heterocycles. The fraction of sp³-hybridized carbons (Fsp3) is 0.619. The maximum absolute atomic E-state index is 4.59. The topological polar surface area (TPSA) is 37.2 Å². The smallest absolute Gasteiger partial charge is 0.147 e. The predicted molar refractivity (Wildman–Crippen MR) is 104 cm³/mol. The van der Waals surface area contributed by atoms with E-state index in [-0.39, 0.29) is 0 Å². The van der Waals surface area contributed by atoms with Crippen molar-refractivity contribution < 1.29 is 0 Å². The molecular formula is C21H31N5. The quantitative estimate of drug-likeness (QED) is 0.828. The normalized spacial score (nSPS) is 19.4. The molecule has 2 heterocycles. The highest BCUT2D eigenvalue weighted by molar-refractivity contribution is 5.33. The van der Waals surface area contributed by atoms with Crippen molar-refractivity contribution in [2.45, 2.75) is 57.7 Å². The van der Waals surface area contributed by atoms with E-state index < -0.39 is 0 Å². The molecule has 140 valence electrons. The van der Waals surface area contributed by atoms with E-state index in [2.05, 4.69) is 69.8 Å². The van der Waals surface area contributed by atoms with E-state index in [9.17, 15) is 0 Å². The Labute approximate surface area is 157 Å². The molecule has 4 rings (SSSR count). The van der Waals surface area contributed by atoms with Gasteiger partial charge in [-0.1, -0.05) is 24.3 Å². The Balaban J connectivity index is 1.39. The zero-order valence-corrected chi connectivity index (χ0v) is 16.4. The number of nitrogens with zero attached hydrogens (tertiary/aromatic N) is 5. The number of fused-ring (bicyclic) bond motifs is 1. The summed E-state index contributed by atoms with van der Waals surface area (Å²) in [5.74, 6) is 2.86. The minimum Gasteiger partial charge on any atom is -0.314 e. The van der Waals surface area contributed by atoms with E-state index in [1.54, 1.807) is 11.1 Å². The van der Waals surface area contributed by atoms with Crippen molar-refractivity contribution in [3.05, 3.63) is 47.0 Å². The van der Waals surface area contributed by atoms with Crippen LogP contribution >= 0.6 is 0 Å². The minimum absolute atomic E-state index is 0.554. The second kappa shape index (κ2) is 7.49. The fourth-order valence-corrected chi connectivity index (χ4v) is 4.71. The summed E-state index contributed by atoms with van der Waals surface area (Å²) in [6, 6.07) is 9.66. The van der Waals surface area contributed by atoms with Gasteiger partial charge in [-0.3, -0.25) is 4.90 Å². The van der Waals surface area contributed by atoms with Gasteiger partial charge in [0.15, 0.2) is 0 Å². The number of likely N-dealkylation sites (tertiary alicyclic amines) is 1. The van der Waals surface area contributed by atoms with Gasteiger partial charge in [-0.2, -0.15) is 0 Å². The summed E-state index contributed by atoms with van der Waals surface area (Å²) in [6.07, 6.45) is 4.85. The standard InChI is InChI=1S/C21H31N5/c1-4-26-20(15-24(2)3)22-23-21(26)16-9-11-25(12-10-16)19-13-17-7-5-6-8-18(17)14-19/h5-8,16,19H,4,9-15H2,1-3H3. The highest BCUT2D eigenvalue weighted by atomic mass is 15.3. The molecule has 1 fully saturated rings. The van der Waals surface area contributed by atoms with Crippen LogP contribution in [0, 0.1) is 0 Å². The predicted octanol–water partition coefficient (Wildman–Crippen LogP) is 2.71. The van der Waals surface area contributed by atoms with Crippen molar-refractivity contribution >= 4 is 0 Å². The molecule has 5 nitrogen and oxygen atoms in total. The van der Waals surface area contributed by atoms with E-state index in [1.807, 2.05) is 0 Å². The first-order valence-corrected chi connectivity index (χ1v) is 10.0. The first-order chi connectivity index (χ1) is 12.7. The van der Waals surface area contributed by atoms with Crippen LogP contribution in [0.4, 0.5) is 0 Å². The molecule has 0 spiro atoms. The monoisotopic (exact) mass is 353 g/mol. The fourth-order valence-electron chi connectivity index (χ4n) is 4.71. The highest BCUT2D eigenvalue weighted by Crippen LogP contribution is 2.32. The zero-order chi connectivity index (χ0) is 18.1. The molecule has 0 N–H and O–H groups in total. The maximum atomic E-state index is 4.59. The molecule has 0 bridgehead atoms. The van der Waals surface area contributed by atoms with Gasteiger partial charge >= 0.3 is 0 Å². The molecule has 1 saturated heterocycles. The van der Waals surface area contributed by atoms with Crippen molar-refractivity contribution in [2.75, 3.05) is 27.2 Å².